The largest absolute Gasteiger partial charge is 0.357 e. The smallest absolute Gasteiger partial charge is 0.191 e. The number of nitrogens with zero attached hydrogens (tertiary/aromatic N) is 2. The highest BCUT2D eigenvalue weighted by Gasteiger charge is 2.21. The summed E-state index contributed by atoms with van der Waals surface area (Å²) in [6, 6.07) is 9.25. The number of hydrogen-bond acceptors (Lipinski definition) is 2. The Balaban J connectivity index is 0.00000338. The van der Waals surface area contributed by atoms with Gasteiger partial charge < -0.3 is 15.5 Å². The molecule has 1 aliphatic rings. The van der Waals surface area contributed by atoms with E-state index in [4.69, 9.17) is 4.99 Å². The van der Waals surface area contributed by atoms with Gasteiger partial charge in [0.15, 0.2) is 5.96 Å². The number of rotatable bonds is 7. The predicted octanol–water partition coefficient (Wildman–Crippen LogP) is 4.04. The van der Waals surface area contributed by atoms with E-state index in [1.165, 1.54) is 37.1 Å². The zero-order valence-electron chi connectivity index (χ0n) is 16.9. The molecular weight excluding hydrogens is 435 g/mol. The van der Waals surface area contributed by atoms with E-state index in [2.05, 4.69) is 67.5 Å². The highest BCUT2D eigenvalue weighted by Crippen LogP contribution is 2.17. The van der Waals surface area contributed by atoms with Gasteiger partial charge in [-0.15, -0.1) is 24.0 Å². The number of piperidine rings is 1. The maximum absolute atomic E-state index is 4.81. The number of nitrogens with one attached hydrogen (secondary N) is 2. The Morgan fingerprint density at radius 1 is 1.19 bits per heavy atom. The molecule has 0 saturated carbocycles. The minimum atomic E-state index is 0. The van der Waals surface area contributed by atoms with Crippen LogP contribution in [0.15, 0.2) is 29.3 Å². The number of benzene rings is 1. The van der Waals surface area contributed by atoms with Crippen LogP contribution in [0.5, 0.6) is 0 Å². The second kappa shape index (κ2) is 12.5. The zero-order chi connectivity index (χ0) is 18.1. The first-order valence-corrected chi connectivity index (χ1v) is 9.97. The zero-order valence-corrected chi connectivity index (χ0v) is 19.3. The van der Waals surface area contributed by atoms with Gasteiger partial charge in [0.05, 0.1) is 6.54 Å². The van der Waals surface area contributed by atoms with Crippen molar-refractivity contribution in [3.05, 3.63) is 35.4 Å². The van der Waals surface area contributed by atoms with Crippen LogP contribution in [0.3, 0.4) is 0 Å². The van der Waals surface area contributed by atoms with Gasteiger partial charge in [-0.2, -0.15) is 0 Å². The van der Waals surface area contributed by atoms with E-state index in [1.54, 1.807) is 0 Å². The molecule has 2 rings (SSSR count). The second-order valence-corrected chi connectivity index (χ2v) is 7.30. The molecule has 1 atom stereocenters. The lowest BCUT2D eigenvalue weighted by Crippen LogP contribution is -2.46. The van der Waals surface area contributed by atoms with Crippen LogP contribution in [0.25, 0.3) is 0 Å². The van der Waals surface area contributed by atoms with Crippen molar-refractivity contribution in [3.8, 4) is 0 Å². The summed E-state index contributed by atoms with van der Waals surface area (Å²) < 4.78 is 0. The molecule has 0 spiro atoms. The standard InChI is InChI=1S/C21H36N4.HI/c1-5-19-11-7-8-12-20(19)15-24-21(22-6-2)23-14-18-10-9-13-25(16-18)17(3)4;/h7-8,11-12,17-18H,5-6,9-10,13-16H2,1-4H3,(H2,22,23,24);1H. The van der Waals surface area contributed by atoms with Crippen LogP contribution >= 0.6 is 24.0 Å². The molecule has 0 radical (unpaired) electrons. The fourth-order valence-electron chi connectivity index (χ4n) is 3.54. The summed E-state index contributed by atoms with van der Waals surface area (Å²) in [6.07, 6.45) is 3.68. The van der Waals surface area contributed by atoms with E-state index in [1.807, 2.05) is 0 Å². The van der Waals surface area contributed by atoms with Crippen molar-refractivity contribution in [2.24, 2.45) is 10.9 Å². The Labute approximate surface area is 177 Å². The normalized spacial score (nSPS) is 18.5. The first-order valence-electron chi connectivity index (χ1n) is 9.97. The second-order valence-electron chi connectivity index (χ2n) is 7.30. The van der Waals surface area contributed by atoms with E-state index in [9.17, 15) is 0 Å². The summed E-state index contributed by atoms with van der Waals surface area (Å²) in [4.78, 5) is 7.41. The summed E-state index contributed by atoms with van der Waals surface area (Å²) in [5.74, 6) is 1.65. The lowest BCUT2D eigenvalue weighted by molar-refractivity contribution is 0.141. The van der Waals surface area contributed by atoms with Crippen LogP contribution in [-0.2, 0) is 13.0 Å². The van der Waals surface area contributed by atoms with Crippen molar-refractivity contribution in [3.63, 3.8) is 0 Å². The predicted molar refractivity (Wildman–Crippen MR) is 123 cm³/mol. The van der Waals surface area contributed by atoms with Crippen molar-refractivity contribution in [2.45, 2.75) is 59.5 Å². The molecule has 5 heteroatoms. The van der Waals surface area contributed by atoms with Gasteiger partial charge in [0, 0.05) is 25.7 Å². The number of hydrogen-bond donors (Lipinski definition) is 2. The molecule has 26 heavy (non-hydrogen) atoms. The summed E-state index contributed by atoms with van der Waals surface area (Å²) in [7, 11) is 0. The Bertz CT molecular complexity index is 545. The van der Waals surface area contributed by atoms with Crippen LogP contribution in [0.4, 0.5) is 0 Å². The highest BCUT2D eigenvalue weighted by atomic mass is 127. The van der Waals surface area contributed by atoms with E-state index >= 15 is 0 Å². The minimum Gasteiger partial charge on any atom is -0.357 e. The van der Waals surface area contributed by atoms with Gasteiger partial charge in [0.1, 0.15) is 0 Å². The summed E-state index contributed by atoms with van der Waals surface area (Å²) in [6.45, 7) is 14.0. The number of aliphatic imine (C=N–C) groups is 1. The molecule has 1 heterocycles. The topological polar surface area (TPSA) is 39.7 Å². The average molecular weight is 472 g/mol. The quantitative estimate of drug-likeness (QED) is 0.358. The van der Waals surface area contributed by atoms with Gasteiger partial charge in [0.25, 0.3) is 0 Å². The fourth-order valence-corrected chi connectivity index (χ4v) is 3.54. The lowest BCUT2D eigenvalue weighted by atomic mass is 9.97. The molecule has 0 aromatic heterocycles. The third-order valence-electron chi connectivity index (χ3n) is 5.09. The van der Waals surface area contributed by atoms with Crippen molar-refractivity contribution < 1.29 is 0 Å². The molecule has 0 bridgehead atoms. The van der Waals surface area contributed by atoms with Crippen LogP contribution in [-0.4, -0.2) is 43.1 Å². The Kier molecular flexibility index (Phi) is 11.2. The maximum Gasteiger partial charge on any atom is 0.191 e. The lowest BCUT2D eigenvalue weighted by Gasteiger charge is -2.35. The van der Waals surface area contributed by atoms with E-state index in [0.717, 1.165) is 32.0 Å². The van der Waals surface area contributed by atoms with Crippen molar-refractivity contribution in [1.82, 2.24) is 15.5 Å². The number of likely N-dealkylation sites (tertiary alicyclic amines) is 1. The van der Waals surface area contributed by atoms with Crippen LogP contribution in [0.1, 0.15) is 51.7 Å². The van der Waals surface area contributed by atoms with Crippen molar-refractivity contribution in [2.75, 3.05) is 26.2 Å². The van der Waals surface area contributed by atoms with Crippen LogP contribution in [0.2, 0.25) is 0 Å². The maximum atomic E-state index is 4.81. The van der Waals surface area contributed by atoms with Crippen LogP contribution < -0.4 is 10.6 Å². The molecule has 1 aliphatic heterocycles. The van der Waals surface area contributed by atoms with Gasteiger partial charge in [-0.25, -0.2) is 4.99 Å². The van der Waals surface area contributed by atoms with E-state index in [-0.39, 0.29) is 24.0 Å². The van der Waals surface area contributed by atoms with Gasteiger partial charge in [0.2, 0.25) is 0 Å². The first kappa shape index (κ1) is 23.2. The molecule has 1 saturated heterocycles. The SMILES string of the molecule is CCNC(=NCc1ccccc1CC)NCC1CCCN(C(C)C)C1.I. The Morgan fingerprint density at radius 2 is 1.92 bits per heavy atom. The summed E-state index contributed by atoms with van der Waals surface area (Å²) in [5, 5.41) is 6.96. The first-order chi connectivity index (χ1) is 12.1. The molecule has 2 N–H and O–H groups in total. The Morgan fingerprint density at radius 3 is 2.58 bits per heavy atom. The van der Waals surface area contributed by atoms with Gasteiger partial charge in [-0.05, 0) is 63.6 Å². The summed E-state index contributed by atoms with van der Waals surface area (Å²) in [5.41, 5.74) is 2.72. The molecule has 1 fully saturated rings. The number of halogens is 1. The van der Waals surface area contributed by atoms with Gasteiger partial charge in [-0.1, -0.05) is 31.2 Å². The molecular formula is C21H37IN4. The molecule has 148 valence electrons. The molecule has 4 nitrogen and oxygen atoms in total. The van der Waals surface area contributed by atoms with Crippen LogP contribution in [0, 0.1) is 5.92 Å². The molecule has 0 aliphatic carbocycles. The molecule has 1 aromatic carbocycles. The molecule has 0 amide bonds. The summed E-state index contributed by atoms with van der Waals surface area (Å²) >= 11 is 0. The third-order valence-corrected chi connectivity index (χ3v) is 5.09. The van der Waals surface area contributed by atoms with Crippen molar-refractivity contribution >= 4 is 29.9 Å². The number of aryl methyl sites for hydroxylation is 1. The molecule has 1 aromatic rings. The minimum absolute atomic E-state index is 0. The van der Waals surface area contributed by atoms with Gasteiger partial charge >= 0.3 is 0 Å². The van der Waals surface area contributed by atoms with E-state index < -0.39 is 0 Å². The Hall–Kier alpha value is -0.820. The van der Waals surface area contributed by atoms with Crippen molar-refractivity contribution in [1.29, 1.82) is 0 Å². The third kappa shape index (κ3) is 7.43. The average Bonchev–Trinajstić information content (AvgIpc) is 2.64. The fraction of sp³-hybridized carbons (Fsp3) is 0.667. The van der Waals surface area contributed by atoms with E-state index in [0.29, 0.717) is 12.0 Å². The molecule has 1 unspecified atom stereocenters. The highest BCUT2D eigenvalue weighted by molar-refractivity contribution is 14.0. The monoisotopic (exact) mass is 472 g/mol. The van der Waals surface area contributed by atoms with Gasteiger partial charge in [-0.3, -0.25) is 0 Å². The number of guanidine groups is 1.